The molecule has 0 radical (unpaired) electrons. The summed E-state index contributed by atoms with van der Waals surface area (Å²) < 4.78 is 5.20. The second kappa shape index (κ2) is 7.73. The van der Waals surface area contributed by atoms with Gasteiger partial charge in [-0.3, -0.25) is 5.32 Å². The first kappa shape index (κ1) is 15.4. The number of rotatable bonds is 8. The Morgan fingerprint density at radius 1 is 1.56 bits per heavy atom. The van der Waals surface area contributed by atoms with E-state index in [1.807, 2.05) is 6.92 Å². The molecule has 1 heterocycles. The van der Waals surface area contributed by atoms with Crippen molar-refractivity contribution >= 4 is 0 Å². The Hall–Kier alpha value is -0.630. The highest BCUT2D eigenvalue weighted by atomic mass is 16.5. The van der Waals surface area contributed by atoms with Crippen LogP contribution in [-0.4, -0.2) is 50.3 Å². The summed E-state index contributed by atoms with van der Waals surface area (Å²) in [4.78, 5) is 2.45. The van der Waals surface area contributed by atoms with Crippen LogP contribution in [0.25, 0.3) is 0 Å². The maximum Gasteiger partial charge on any atom is 0.105 e. The minimum absolute atomic E-state index is 0.380. The van der Waals surface area contributed by atoms with Gasteiger partial charge < -0.3 is 9.64 Å². The number of ether oxygens (including phenoxy) is 1. The number of likely N-dealkylation sites (tertiary alicyclic amines) is 1. The Balaban J connectivity index is 2.29. The number of nitrogens with zero attached hydrogens (tertiary/aromatic N) is 2. The molecule has 1 rings (SSSR count). The molecule has 0 aliphatic carbocycles. The van der Waals surface area contributed by atoms with E-state index < -0.39 is 0 Å². The fraction of sp³-hybridized carbons (Fsp3) is 0.929. The van der Waals surface area contributed by atoms with E-state index in [9.17, 15) is 5.26 Å². The van der Waals surface area contributed by atoms with Gasteiger partial charge in [0.15, 0.2) is 0 Å². The van der Waals surface area contributed by atoms with E-state index in [4.69, 9.17) is 4.74 Å². The van der Waals surface area contributed by atoms with E-state index in [0.717, 1.165) is 45.6 Å². The molecule has 1 N–H and O–H groups in total. The largest absolute Gasteiger partial charge is 0.384 e. The molecule has 0 saturated carbocycles. The summed E-state index contributed by atoms with van der Waals surface area (Å²) in [6.45, 7) is 9.16. The predicted octanol–water partition coefficient (Wildman–Crippen LogP) is 1.63. The summed E-state index contributed by atoms with van der Waals surface area (Å²) in [6.07, 6.45) is 3.18. The summed E-state index contributed by atoms with van der Waals surface area (Å²) in [6, 6.07) is 2.41. The number of hydrogen-bond donors (Lipinski definition) is 1. The van der Waals surface area contributed by atoms with Crippen LogP contribution in [-0.2, 0) is 4.74 Å². The first-order chi connectivity index (χ1) is 8.63. The van der Waals surface area contributed by atoms with Crippen LogP contribution in [0.5, 0.6) is 0 Å². The zero-order valence-corrected chi connectivity index (χ0v) is 12.0. The van der Waals surface area contributed by atoms with Crippen LogP contribution >= 0.6 is 0 Å². The number of methoxy groups -OCH3 is 1. The lowest BCUT2D eigenvalue weighted by molar-refractivity contribution is 0.152. The van der Waals surface area contributed by atoms with Gasteiger partial charge in [-0.15, -0.1) is 0 Å². The fourth-order valence-electron chi connectivity index (χ4n) is 2.45. The van der Waals surface area contributed by atoms with Gasteiger partial charge in [-0.25, -0.2) is 0 Å². The van der Waals surface area contributed by atoms with Gasteiger partial charge in [0.2, 0.25) is 0 Å². The Morgan fingerprint density at radius 2 is 2.33 bits per heavy atom. The highest BCUT2D eigenvalue weighted by Gasteiger charge is 2.27. The van der Waals surface area contributed by atoms with Crippen LogP contribution in [0.4, 0.5) is 0 Å². The van der Waals surface area contributed by atoms with E-state index in [1.165, 1.54) is 6.42 Å². The number of nitriles is 1. The van der Waals surface area contributed by atoms with Crippen molar-refractivity contribution in [2.45, 2.75) is 38.6 Å². The van der Waals surface area contributed by atoms with Crippen LogP contribution < -0.4 is 5.32 Å². The first-order valence-electron chi connectivity index (χ1n) is 7.01. The Kier molecular flexibility index (Phi) is 6.62. The minimum atomic E-state index is -0.380. The lowest BCUT2D eigenvalue weighted by Crippen LogP contribution is -2.44. The van der Waals surface area contributed by atoms with E-state index in [-0.39, 0.29) is 5.54 Å². The van der Waals surface area contributed by atoms with Crippen molar-refractivity contribution in [1.29, 1.82) is 5.26 Å². The van der Waals surface area contributed by atoms with Crippen LogP contribution in [0, 0.1) is 17.2 Å². The SMILES string of the molecule is CCCNC(C)(C#N)CCN1CCC(COC)C1. The molecule has 1 fully saturated rings. The molecule has 4 heteroatoms. The standard InChI is InChI=1S/C14H27N3O/c1-4-7-16-14(2,12-15)6-9-17-8-5-13(10-17)11-18-3/h13,16H,4-11H2,1-3H3. The molecule has 104 valence electrons. The van der Waals surface area contributed by atoms with Crippen molar-refractivity contribution in [2.24, 2.45) is 5.92 Å². The van der Waals surface area contributed by atoms with Gasteiger partial charge >= 0.3 is 0 Å². The maximum atomic E-state index is 9.27. The zero-order valence-electron chi connectivity index (χ0n) is 12.0. The lowest BCUT2D eigenvalue weighted by Gasteiger charge is -2.26. The summed E-state index contributed by atoms with van der Waals surface area (Å²) in [5.41, 5.74) is -0.380. The molecule has 0 bridgehead atoms. The van der Waals surface area contributed by atoms with Gasteiger partial charge in [0.05, 0.1) is 12.7 Å². The van der Waals surface area contributed by atoms with Gasteiger partial charge in [0.25, 0.3) is 0 Å². The zero-order chi connectivity index (χ0) is 13.4. The van der Waals surface area contributed by atoms with Crippen molar-refractivity contribution in [3.8, 4) is 6.07 Å². The highest BCUT2D eigenvalue weighted by Crippen LogP contribution is 2.18. The maximum absolute atomic E-state index is 9.27. The molecule has 2 atom stereocenters. The van der Waals surface area contributed by atoms with Crippen LogP contribution in [0.3, 0.4) is 0 Å². The molecule has 1 saturated heterocycles. The molecule has 1 aliphatic heterocycles. The average molecular weight is 253 g/mol. The summed E-state index contributed by atoms with van der Waals surface area (Å²) in [7, 11) is 1.77. The topological polar surface area (TPSA) is 48.3 Å². The van der Waals surface area contributed by atoms with E-state index in [2.05, 4.69) is 23.2 Å². The molecule has 4 nitrogen and oxygen atoms in total. The van der Waals surface area contributed by atoms with Crippen molar-refractivity contribution in [1.82, 2.24) is 10.2 Å². The molecule has 1 aliphatic rings. The fourth-order valence-corrected chi connectivity index (χ4v) is 2.45. The molecule has 0 amide bonds. The molecule has 18 heavy (non-hydrogen) atoms. The van der Waals surface area contributed by atoms with Gasteiger partial charge in [-0.1, -0.05) is 6.92 Å². The lowest BCUT2D eigenvalue weighted by atomic mass is 9.99. The third-order valence-electron chi connectivity index (χ3n) is 3.71. The number of nitrogens with one attached hydrogen (secondary N) is 1. The second-order valence-corrected chi connectivity index (χ2v) is 5.53. The summed E-state index contributed by atoms with van der Waals surface area (Å²) in [5.74, 6) is 0.673. The third kappa shape index (κ3) is 4.93. The van der Waals surface area contributed by atoms with Crippen molar-refractivity contribution in [2.75, 3.05) is 39.9 Å². The average Bonchev–Trinajstić information content (AvgIpc) is 2.82. The predicted molar refractivity (Wildman–Crippen MR) is 73.4 cm³/mol. The molecule has 0 spiro atoms. The Morgan fingerprint density at radius 3 is 2.94 bits per heavy atom. The smallest absolute Gasteiger partial charge is 0.105 e. The molecule has 0 aromatic carbocycles. The van der Waals surface area contributed by atoms with E-state index >= 15 is 0 Å². The quantitative estimate of drug-likeness (QED) is 0.714. The molecule has 2 unspecified atom stereocenters. The second-order valence-electron chi connectivity index (χ2n) is 5.53. The summed E-state index contributed by atoms with van der Waals surface area (Å²) >= 11 is 0. The Bertz CT molecular complexity index is 277. The van der Waals surface area contributed by atoms with Crippen LogP contribution in [0.2, 0.25) is 0 Å². The monoisotopic (exact) mass is 253 g/mol. The van der Waals surface area contributed by atoms with Crippen molar-refractivity contribution in [3.05, 3.63) is 0 Å². The number of hydrogen-bond acceptors (Lipinski definition) is 4. The van der Waals surface area contributed by atoms with Gasteiger partial charge in [0, 0.05) is 20.2 Å². The highest BCUT2D eigenvalue weighted by molar-refractivity contribution is 5.04. The van der Waals surface area contributed by atoms with E-state index in [1.54, 1.807) is 7.11 Å². The van der Waals surface area contributed by atoms with Crippen molar-refractivity contribution < 1.29 is 4.74 Å². The van der Waals surface area contributed by atoms with Crippen LogP contribution in [0.1, 0.15) is 33.1 Å². The normalized spacial score (nSPS) is 23.8. The molecule has 0 aromatic rings. The van der Waals surface area contributed by atoms with Gasteiger partial charge in [0.1, 0.15) is 5.54 Å². The van der Waals surface area contributed by atoms with Crippen molar-refractivity contribution in [3.63, 3.8) is 0 Å². The minimum Gasteiger partial charge on any atom is -0.384 e. The van der Waals surface area contributed by atoms with Gasteiger partial charge in [-0.05, 0) is 45.2 Å². The van der Waals surface area contributed by atoms with Gasteiger partial charge in [-0.2, -0.15) is 5.26 Å². The molecule has 0 aromatic heterocycles. The first-order valence-corrected chi connectivity index (χ1v) is 7.01. The Labute approximate surface area is 111 Å². The molecular formula is C14H27N3O. The third-order valence-corrected chi connectivity index (χ3v) is 3.71. The van der Waals surface area contributed by atoms with E-state index in [0.29, 0.717) is 5.92 Å². The van der Waals surface area contributed by atoms with Crippen LogP contribution in [0.15, 0.2) is 0 Å². The summed E-state index contributed by atoms with van der Waals surface area (Å²) in [5, 5.41) is 12.6. The molecular weight excluding hydrogens is 226 g/mol.